The van der Waals surface area contributed by atoms with Crippen LogP contribution >= 0.6 is 7.82 Å². The van der Waals surface area contributed by atoms with E-state index >= 15 is 0 Å². The average molecular weight is 1050 g/mol. The zero-order valence-corrected chi connectivity index (χ0v) is 50.3. The van der Waals surface area contributed by atoms with E-state index in [9.17, 15) is 14.3 Å². The second-order valence-electron chi connectivity index (χ2n) is 22.8. The van der Waals surface area contributed by atoms with Gasteiger partial charge in [-0.1, -0.05) is 288 Å². The van der Waals surface area contributed by atoms with Gasteiger partial charge in [-0.3, -0.25) is 9.36 Å². The molecule has 0 N–H and O–H groups in total. The van der Waals surface area contributed by atoms with Gasteiger partial charge >= 0.3 is 5.97 Å². The lowest BCUT2D eigenvalue weighted by atomic mass is 10.0. The molecule has 0 saturated heterocycles. The number of carbonyl (C=O) groups is 1. The first-order valence-electron chi connectivity index (χ1n) is 31.7. The summed E-state index contributed by atoms with van der Waals surface area (Å²) in [6, 6.07) is 0. The van der Waals surface area contributed by atoms with Gasteiger partial charge in [0, 0.05) is 13.0 Å². The second-order valence-corrected chi connectivity index (χ2v) is 24.2. The Morgan fingerprint density at radius 2 is 0.753 bits per heavy atom. The van der Waals surface area contributed by atoms with Crippen molar-refractivity contribution in [3.05, 3.63) is 36.5 Å². The lowest BCUT2D eigenvalue weighted by molar-refractivity contribution is -0.870. The third-order valence-corrected chi connectivity index (χ3v) is 15.2. The Labute approximate surface area is 455 Å². The highest BCUT2D eigenvalue weighted by Gasteiger charge is 2.20. The summed E-state index contributed by atoms with van der Waals surface area (Å²) in [6.07, 6.45) is 72.0. The minimum atomic E-state index is -4.54. The number of esters is 1. The first kappa shape index (κ1) is 71.7. The molecule has 2 unspecified atom stereocenters. The summed E-state index contributed by atoms with van der Waals surface area (Å²) in [5.41, 5.74) is 0. The van der Waals surface area contributed by atoms with Crippen LogP contribution in [0.15, 0.2) is 36.5 Å². The molecule has 432 valence electrons. The van der Waals surface area contributed by atoms with Gasteiger partial charge in [0.25, 0.3) is 7.82 Å². The average Bonchev–Trinajstić information content (AvgIpc) is 3.35. The van der Waals surface area contributed by atoms with Gasteiger partial charge in [-0.2, -0.15) is 0 Å². The molecule has 0 aromatic heterocycles. The SMILES string of the molecule is CCCCCCC/C=C\C/C=C\C/C=C\CCCCCCCCCCCCC(=O)OC(COCCCCCCCCCCCCCCCCCCCCCCCCCCCC)COP(=O)([O-])OCC[N+](C)(C)C. The highest BCUT2D eigenvalue weighted by atomic mass is 31.2. The zero-order chi connectivity index (χ0) is 53.3. The summed E-state index contributed by atoms with van der Waals surface area (Å²) in [6.45, 7) is 5.47. The fraction of sp³-hybridized carbons (Fsp3) is 0.891. The largest absolute Gasteiger partial charge is 0.756 e. The van der Waals surface area contributed by atoms with Gasteiger partial charge < -0.3 is 27.9 Å². The standard InChI is InChI=1S/C64H124NO7P/c1-6-8-10-12-14-16-18-20-22-24-26-28-30-32-34-36-38-40-42-44-46-48-50-52-54-56-59-69-61-63(62-71-73(67,68)70-60-58-65(3,4)5)72-64(66)57-55-53-51-49-47-45-43-41-39-37-35-33-31-29-27-25-23-21-19-17-15-13-11-9-7-2/h19,21,25,27,31,33,63H,6-18,20,22-24,26,28-30,32,34-62H2,1-5H3/b21-19-,27-25-,33-31-. The van der Waals surface area contributed by atoms with E-state index in [4.69, 9.17) is 18.5 Å². The minimum Gasteiger partial charge on any atom is -0.756 e. The van der Waals surface area contributed by atoms with Crippen molar-refractivity contribution < 1.29 is 37.3 Å². The second kappa shape index (κ2) is 56.9. The molecule has 0 spiro atoms. The fourth-order valence-electron chi connectivity index (χ4n) is 9.32. The minimum absolute atomic E-state index is 0.0270. The Kier molecular flexibility index (Phi) is 55.9. The Morgan fingerprint density at radius 1 is 0.425 bits per heavy atom. The van der Waals surface area contributed by atoms with Crippen LogP contribution in [-0.2, 0) is 27.9 Å². The summed E-state index contributed by atoms with van der Waals surface area (Å²) in [5.74, 6) is -0.332. The number of unbranched alkanes of at least 4 members (excludes halogenated alkanes) is 40. The smallest absolute Gasteiger partial charge is 0.306 e. The van der Waals surface area contributed by atoms with Gasteiger partial charge in [0.05, 0.1) is 34.4 Å². The summed E-state index contributed by atoms with van der Waals surface area (Å²) in [5, 5.41) is 0. The molecule has 2 atom stereocenters. The molecule has 8 nitrogen and oxygen atoms in total. The van der Waals surface area contributed by atoms with E-state index in [1.54, 1.807) is 0 Å². The topological polar surface area (TPSA) is 94.1 Å². The number of ether oxygens (including phenoxy) is 2. The van der Waals surface area contributed by atoms with Gasteiger partial charge in [0.2, 0.25) is 0 Å². The molecule has 9 heteroatoms. The molecule has 0 aliphatic rings. The van der Waals surface area contributed by atoms with E-state index in [1.165, 1.54) is 244 Å². The van der Waals surface area contributed by atoms with Gasteiger partial charge in [-0.25, -0.2) is 0 Å². The molecule has 0 aromatic carbocycles. The van der Waals surface area contributed by atoms with Crippen LogP contribution in [0.3, 0.4) is 0 Å². The number of nitrogens with zero attached hydrogens (tertiary/aromatic N) is 1. The van der Waals surface area contributed by atoms with Crippen molar-refractivity contribution in [2.75, 3.05) is 54.1 Å². The van der Waals surface area contributed by atoms with Crippen LogP contribution in [0.4, 0.5) is 0 Å². The summed E-state index contributed by atoms with van der Waals surface area (Å²) < 4.78 is 34.9. The molecule has 0 aliphatic heterocycles. The maximum absolute atomic E-state index is 12.8. The van der Waals surface area contributed by atoms with Crippen LogP contribution < -0.4 is 4.89 Å². The van der Waals surface area contributed by atoms with Crippen LogP contribution in [0.1, 0.15) is 309 Å². The molecular weight excluding hydrogens is 926 g/mol. The molecule has 0 heterocycles. The number of hydrogen-bond acceptors (Lipinski definition) is 7. The summed E-state index contributed by atoms with van der Waals surface area (Å²) in [7, 11) is 1.37. The van der Waals surface area contributed by atoms with Gasteiger partial charge in [-0.05, 0) is 51.4 Å². The predicted octanol–water partition coefficient (Wildman–Crippen LogP) is 19.8. The highest BCUT2D eigenvalue weighted by molar-refractivity contribution is 7.45. The molecule has 0 fully saturated rings. The van der Waals surface area contributed by atoms with Crippen molar-refractivity contribution in [1.82, 2.24) is 0 Å². The maximum Gasteiger partial charge on any atom is 0.306 e. The van der Waals surface area contributed by atoms with Crippen molar-refractivity contribution in [3.63, 3.8) is 0 Å². The normalized spacial score (nSPS) is 13.6. The third-order valence-electron chi connectivity index (χ3n) is 14.2. The van der Waals surface area contributed by atoms with Crippen LogP contribution in [0.5, 0.6) is 0 Å². The number of likely N-dealkylation sites (N-methyl/N-ethyl adjacent to an activating group) is 1. The van der Waals surface area contributed by atoms with Gasteiger partial charge in [0.1, 0.15) is 19.3 Å². The van der Waals surface area contributed by atoms with E-state index in [1.807, 2.05) is 21.1 Å². The molecule has 0 amide bonds. The Balaban J connectivity index is 4.00. The molecule has 0 rings (SSSR count). The van der Waals surface area contributed by atoms with Crippen LogP contribution in [0.25, 0.3) is 0 Å². The first-order valence-corrected chi connectivity index (χ1v) is 33.2. The Hall–Kier alpha value is -1.28. The fourth-order valence-corrected chi connectivity index (χ4v) is 10.1. The van der Waals surface area contributed by atoms with Crippen molar-refractivity contribution >= 4 is 13.8 Å². The van der Waals surface area contributed by atoms with Gasteiger partial charge in [0.15, 0.2) is 0 Å². The molecule has 0 saturated carbocycles. The lowest BCUT2D eigenvalue weighted by Gasteiger charge is -2.28. The quantitative estimate of drug-likeness (QED) is 0.0197. The first-order chi connectivity index (χ1) is 35.6. The van der Waals surface area contributed by atoms with E-state index in [-0.39, 0.29) is 25.8 Å². The highest BCUT2D eigenvalue weighted by Crippen LogP contribution is 2.38. The number of carbonyl (C=O) groups excluding carboxylic acids is 1. The van der Waals surface area contributed by atoms with E-state index < -0.39 is 13.9 Å². The zero-order valence-electron chi connectivity index (χ0n) is 49.4. The number of rotatable bonds is 60. The number of phosphoric ester groups is 1. The predicted molar refractivity (Wildman–Crippen MR) is 314 cm³/mol. The maximum atomic E-state index is 12.8. The summed E-state index contributed by atoms with van der Waals surface area (Å²) in [4.78, 5) is 25.3. The number of phosphoric acid groups is 1. The van der Waals surface area contributed by atoms with Crippen molar-refractivity contribution in [3.8, 4) is 0 Å². The molecule has 0 aliphatic carbocycles. The third kappa shape index (κ3) is 61.5. The van der Waals surface area contributed by atoms with E-state index in [0.717, 1.165) is 44.9 Å². The van der Waals surface area contributed by atoms with Crippen molar-refractivity contribution in [2.45, 2.75) is 315 Å². The number of quaternary nitrogens is 1. The van der Waals surface area contributed by atoms with Crippen molar-refractivity contribution in [2.24, 2.45) is 0 Å². The number of hydrogen-bond donors (Lipinski definition) is 0. The van der Waals surface area contributed by atoms with Crippen LogP contribution in [0.2, 0.25) is 0 Å². The monoisotopic (exact) mass is 1050 g/mol. The van der Waals surface area contributed by atoms with Crippen LogP contribution in [-0.4, -0.2) is 70.7 Å². The molecular formula is C64H124NO7P. The van der Waals surface area contributed by atoms with E-state index in [2.05, 4.69) is 50.3 Å². The van der Waals surface area contributed by atoms with Crippen molar-refractivity contribution in [1.29, 1.82) is 0 Å². The molecule has 0 aromatic rings. The van der Waals surface area contributed by atoms with E-state index in [0.29, 0.717) is 24.1 Å². The molecule has 0 bridgehead atoms. The lowest BCUT2D eigenvalue weighted by Crippen LogP contribution is -2.37. The Morgan fingerprint density at radius 3 is 1.12 bits per heavy atom. The van der Waals surface area contributed by atoms with Crippen LogP contribution in [0, 0.1) is 0 Å². The molecule has 0 radical (unpaired) electrons. The van der Waals surface area contributed by atoms with Gasteiger partial charge in [-0.15, -0.1) is 0 Å². The summed E-state index contributed by atoms with van der Waals surface area (Å²) >= 11 is 0. The molecule has 73 heavy (non-hydrogen) atoms. The number of allylic oxidation sites excluding steroid dienone is 6. The Bertz CT molecular complexity index is 1260.